The molecule has 2 bridgehead atoms. The summed E-state index contributed by atoms with van der Waals surface area (Å²) in [5, 5.41) is 12.9. The fourth-order valence-corrected chi connectivity index (χ4v) is 4.95. The Morgan fingerprint density at radius 3 is 2.41 bits per heavy atom. The number of fused-ring (bicyclic) bond motifs is 3. The van der Waals surface area contributed by atoms with Crippen LogP contribution in [0.5, 0.6) is 11.8 Å². The number of benzene rings is 2. The molecule has 3 aromatic rings. The molecule has 6 nitrogen and oxygen atoms in total. The first-order chi connectivity index (χ1) is 16.1. The summed E-state index contributed by atoms with van der Waals surface area (Å²) in [7, 11) is 1.29. The van der Waals surface area contributed by atoms with Crippen LogP contribution < -0.4 is 15.0 Å². The Morgan fingerprint density at radius 2 is 1.79 bits per heavy atom. The van der Waals surface area contributed by atoms with Gasteiger partial charge in [0.25, 0.3) is 0 Å². The highest BCUT2D eigenvalue weighted by molar-refractivity contribution is 6.31. The van der Waals surface area contributed by atoms with Crippen molar-refractivity contribution in [3.05, 3.63) is 40.4 Å². The zero-order valence-electron chi connectivity index (χ0n) is 17.7. The second-order valence-electron chi connectivity index (χ2n) is 8.37. The molecular weight excluding hydrogens is 483 g/mol. The SMILES string of the molecule is COc1nc(N2CC3CCC(C2)N3)c2cc(F)c(-c3cc(C(F)(F)F)c(Cl)cc3O)c(F)c2n1. The summed E-state index contributed by atoms with van der Waals surface area (Å²) in [6.07, 6.45) is -2.97. The molecule has 2 unspecified atom stereocenters. The molecule has 2 fully saturated rings. The van der Waals surface area contributed by atoms with Crippen molar-refractivity contribution in [3.8, 4) is 22.9 Å². The van der Waals surface area contributed by atoms with Gasteiger partial charge in [-0.3, -0.25) is 0 Å². The van der Waals surface area contributed by atoms with E-state index in [0.29, 0.717) is 25.2 Å². The number of aromatic hydroxyl groups is 1. The van der Waals surface area contributed by atoms with Crippen LogP contribution in [0.2, 0.25) is 5.02 Å². The van der Waals surface area contributed by atoms with E-state index in [1.807, 2.05) is 4.90 Å². The molecule has 2 aliphatic heterocycles. The Morgan fingerprint density at radius 1 is 1.12 bits per heavy atom. The van der Waals surface area contributed by atoms with Crippen LogP contribution >= 0.6 is 11.6 Å². The van der Waals surface area contributed by atoms with E-state index in [1.54, 1.807) is 0 Å². The molecule has 2 aliphatic rings. The van der Waals surface area contributed by atoms with Gasteiger partial charge in [0.15, 0.2) is 5.82 Å². The highest BCUT2D eigenvalue weighted by atomic mass is 35.5. The van der Waals surface area contributed by atoms with E-state index in [4.69, 9.17) is 16.3 Å². The molecule has 1 aromatic heterocycles. The zero-order chi connectivity index (χ0) is 24.4. The number of hydrogen-bond acceptors (Lipinski definition) is 6. The largest absolute Gasteiger partial charge is 0.507 e. The van der Waals surface area contributed by atoms with Crippen molar-refractivity contribution in [2.75, 3.05) is 25.1 Å². The van der Waals surface area contributed by atoms with Crippen LogP contribution in [0.15, 0.2) is 18.2 Å². The van der Waals surface area contributed by atoms with Crippen LogP contribution in [0.1, 0.15) is 18.4 Å². The van der Waals surface area contributed by atoms with Crippen molar-refractivity contribution in [2.45, 2.75) is 31.1 Å². The van der Waals surface area contributed by atoms with Gasteiger partial charge in [0.05, 0.1) is 23.3 Å². The number of piperazine rings is 1. The van der Waals surface area contributed by atoms with Gasteiger partial charge in [0.2, 0.25) is 0 Å². The summed E-state index contributed by atoms with van der Waals surface area (Å²) in [6.45, 7) is 1.12. The van der Waals surface area contributed by atoms with Crippen LogP contribution in [-0.2, 0) is 6.18 Å². The van der Waals surface area contributed by atoms with Gasteiger partial charge in [-0.05, 0) is 31.0 Å². The summed E-state index contributed by atoms with van der Waals surface area (Å²) in [5.74, 6) is -2.97. The lowest BCUT2D eigenvalue weighted by Crippen LogP contribution is -2.51. The smallest absolute Gasteiger partial charge is 0.417 e. The Balaban J connectivity index is 1.72. The van der Waals surface area contributed by atoms with Crippen molar-refractivity contribution in [2.24, 2.45) is 0 Å². The van der Waals surface area contributed by atoms with Crippen LogP contribution in [0.3, 0.4) is 0 Å². The molecule has 180 valence electrons. The maximum atomic E-state index is 15.7. The van der Waals surface area contributed by atoms with Crippen LogP contribution in [0, 0.1) is 11.6 Å². The summed E-state index contributed by atoms with van der Waals surface area (Å²) >= 11 is 5.61. The third kappa shape index (κ3) is 3.76. The summed E-state index contributed by atoms with van der Waals surface area (Å²) in [6, 6.07) is 2.21. The lowest BCUT2D eigenvalue weighted by molar-refractivity contribution is -0.137. The van der Waals surface area contributed by atoms with Crippen LogP contribution in [0.4, 0.5) is 27.8 Å². The standard InChI is InChI=1S/C22H18ClF5N4O2/c1-34-21-30-19-12(20(31-21)32-7-9-2-3-10(8-32)29-9)5-15(24)17(18(19)25)11-4-13(22(26,27)28)14(23)6-16(11)33/h4-6,9-10,29,33H,2-3,7-8H2,1H3. The average Bonchev–Trinajstić information content (AvgIpc) is 3.11. The molecule has 2 N–H and O–H groups in total. The lowest BCUT2D eigenvalue weighted by Gasteiger charge is -2.34. The quantitative estimate of drug-likeness (QED) is 0.498. The van der Waals surface area contributed by atoms with E-state index in [1.165, 1.54) is 7.11 Å². The number of phenols is 1. The van der Waals surface area contributed by atoms with Crippen molar-refractivity contribution in [1.29, 1.82) is 0 Å². The molecule has 3 heterocycles. The monoisotopic (exact) mass is 500 g/mol. The molecule has 0 amide bonds. The van der Waals surface area contributed by atoms with Crippen molar-refractivity contribution in [1.82, 2.24) is 15.3 Å². The number of rotatable bonds is 3. The first-order valence-corrected chi connectivity index (χ1v) is 10.8. The zero-order valence-corrected chi connectivity index (χ0v) is 18.4. The van der Waals surface area contributed by atoms with E-state index < -0.39 is 45.3 Å². The van der Waals surface area contributed by atoms with Crippen LogP contribution in [-0.4, -0.2) is 47.4 Å². The summed E-state index contributed by atoms with van der Waals surface area (Å²) in [4.78, 5) is 10.2. The molecule has 2 aromatic carbocycles. The first kappa shape index (κ1) is 22.9. The minimum atomic E-state index is -4.90. The second kappa shape index (κ2) is 8.09. The number of nitrogens with one attached hydrogen (secondary N) is 1. The van der Waals surface area contributed by atoms with Gasteiger partial charge in [-0.25, -0.2) is 8.78 Å². The predicted molar refractivity (Wildman–Crippen MR) is 115 cm³/mol. The number of nitrogens with zero attached hydrogens (tertiary/aromatic N) is 3. The van der Waals surface area contributed by atoms with Gasteiger partial charge in [0.1, 0.15) is 22.9 Å². The third-order valence-electron chi connectivity index (χ3n) is 6.20. The van der Waals surface area contributed by atoms with Crippen molar-refractivity contribution >= 4 is 28.3 Å². The number of phenolic OH excluding ortho intramolecular Hbond substituents is 1. The lowest BCUT2D eigenvalue weighted by atomic mass is 9.98. The van der Waals surface area contributed by atoms with Crippen LogP contribution in [0.25, 0.3) is 22.0 Å². The van der Waals surface area contributed by atoms with Crippen molar-refractivity contribution in [3.63, 3.8) is 0 Å². The summed E-state index contributed by atoms with van der Waals surface area (Å²) in [5.41, 5.74) is -3.24. The molecule has 0 aliphatic carbocycles. The number of halogens is 6. The normalized spacial score (nSPS) is 20.3. The van der Waals surface area contributed by atoms with Gasteiger partial charge in [-0.2, -0.15) is 23.1 Å². The van der Waals surface area contributed by atoms with E-state index in [9.17, 15) is 18.3 Å². The molecule has 2 saturated heterocycles. The third-order valence-corrected chi connectivity index (χ3v) is 6.51. The van der Waals surface area contributed by atoms with Gasteiger partial charge >= 0.3 is 12.2 Å². The molecule has 12 heteroatoms. The number of methoxy groups -OCH3 is 1. The fourth-order valence-electron chi connectivity index (χ4n) is 4.69. The van der Waals surface area contributed by atoms with E-state index >= 15 is 8.78 Å². The Bertz CT molecular complexity index is 1290. The Hall–Kier alpha value is -2.92. The Kier molecular flexibility index (Phi) is 5.44. The van der Waals surface area contributed by atoms with Gasteiger partial charge in [-0.15, -0.1) is 0 Å². The molecule has 5 rings (SSSR count). The minimum Gasteiger partial charge on any atom is -0.507 e. The highest BCUT2D eigenvalue weighted by Gasteiger charge is 2.36. The fraction of sp³-hybridized carbons (Fsp3) is 0.364. The molecular formula is C22H18ClF5N4O2. The first-order valence-electron chi connectivity index (χ1n) is 10.4. The molecule has 0 saturated carbocycles. The van der Waals surface area contributed by atoms with Gasteiger partial charge in [0, 0.05) is 36.1 Å². The minimum absolute atomic E-state index is 0.0466. The number of ether oxygens (including phenoxy) is 1. The van der Waals surface area contributed by atoms with Crippen molar-refractivity contribution < 1.29 is 31.8 Å². The molecule has 34 heavy (non-hydrogen) atoms. The van der Waals surface area contributed by atoms with Gasteiger partial charge in [-0.1, -0.05) is 11.6 Å². The number of anilines is 1. The molecule has 0 radical (unpaired) electrons. The predicted octanol–water partition coefficient (Wildman–Crippen LogP) is 4.90. The van der Waals surface area contributed by atoms with E-state index in [-0.39, 0.29) is 34.8 Å². The van der Waals surface area contributed by atoms with E-state index in [2.05, 4.69) is 15.3 Å². The maximum absolute atomic E-state index is 15.7. The number of alkyl halides is 3. The topological polar surface area (TPSA) is 70.5 Å². The number of aromatic nitrogens is 2. The Labute approximate surface area is 195 Å². The number of hydrogen-bond donors (Lipinski definition) is 2. The second-order valence-corrected chi connectivity index (χ2v) is 8.77. The van der Waals surface area contributed by atoms with E-state index in [0.717, 1.165) is 18.9 Å². The average molecular weight is 501 g/mol. The highest BCUT2D eigenvalue weighted by Crippen LogP contribution is 2.44. The summed E-state index contributed by atoms with van der Waals surface area (Å²) < 4.78 is 76.2. The van der Waals surface area contributed by atoms with Gasteiger partial charge < -0.3 is 20.1 Å². The maximum Gasteiger partial charge on any atom is 0.417 e. The molecule has 0 spiro atoms. The molecule has 2 atom stereocenters.